The van der Waals surface area contributed by atoms with Gasteiger partial charge in [0.1, 0.15) is 18.7 Å². The lowest BCUT2D eigenvalue weighted by molar-refractivity contribution is 0.171. The van der Waals surface area contributed by atoms with Gasteiger partial charge >= 0.3 is 0 Å². The second-order valence-corrected chi connectivity index (χ2v) is 5.69. The van der Waals surface area contributed by atoms with Crippen LogP contribution in [0.1, 0.15) is 5.69 Å². The Labute approximate surface area is 137 Å². The molecular formula is C16H17N5O3. The van der Waals surface area contributed by atoms with Crippen molar-refractivity contribution in [1.82, 2.24) is 19.3 Å². The van der Waals surface area contributed by atoms with Crippen LogP contribution in [0.5, 0.6) is 11.5 Å². The Kier molecular flexibility index (Phi) is 3.19. The monoisotopic (exact) mass is 327 g/mol. The lowest BCUT2D eigenvalue weighted by atomic mass is 10.2. The quantitative estimate of drug-likeness (QED) is 0.768. The van der Waals surface area contributed by atoms with E-state index in [-0.39, 0.29) is 5.56 Å². The molecule has 0 saturated heterocycles. The molecule has 3 heterocycles. The summed E-state index contributed by atoms with van der Waals surface area (Å²) in [6.07, 6.45) is 0. The molecule has 8 heteroatoms. The highest BCUT2D eigenvalue weighted by molar-refractivity contribution is 5.78. The molecule has 1 aliphatic rings. The number of nitrogens with one attached hydrogen (secondary N) is 1. The van der Waals surface area contributed by atoms with Gasteiger partial charge in [0.25, 0.3) is 5.56 Å². The molecule has 0 atom stereocenters. The van der Waals surface area contributed by atoms with E-state index < -0.39 is 0 Å². The minimum atomic E-state index is -0.150. The number of aryl methyl sites for hydroxylation is 2. The molecule has 1 aliphatic heterocycles. The van der Waals surface area contributed by atoms with E-state index in [4.69, 9.17) is 9.47 Å². The van der Waals surface area contributed by atoms with Crippen molar-refractivity contribution in [1.29, 1.82) is 0 Å². The minimum Gasteiger partial charge on any atom is -0.486 e. The molecule has 0 bridgehead atoms. The van der Waals surface area contributed by atoms with Gasteiger partial charge in [-0.15, -0.1) is 0 Å². The molecule has 0 spiro atoms. The fraction of sp³-hybridized carbons (Fsp3) is 0.312. The molecule has 8 nitrogen and oxygen atoms in total. The van der Waals surface area contributed by atoms with Crippen LogP contribution >= 0.6 is 0 Å². The summed E-state index contributed by atoms with van der Waals surface area (Å²) in [5.41, 5.74) is 2.42. The summed E-state index contributed by atoms with van der Waals surface area (Å²) in [7, 11) is 3.42. The summed E-state index contributed by atoms with van der Waals surface area (Å²) < 4.78 is 14.1. The Morgan fingerprint density at radius 3 is 2.71 bits per heavy atom. The molecule has 0 amide bonds. The molecule has 0 radical (unpaired) electrons. The van der Waals surface area contributed by atoms with E-state index in [9.17, 15) is 4.79 Å². The van der Waals surface area contributed by atoms with Gasteiger partial charge in [0.05, 0.1) is 5.69 Å². The molecule has 2 aromatic heterocycles. The first-order valence-electron chi connectivity index (χ1n) is 7.61. The predicted octanol–water partition coefficient (Wildman–Crippen LogP) is 1.49. The lowest BCUT2D eigenvalue weighted by Crippen LogP contribution is -2.22. The molecule has 3 aromatic rings. The molecular weight excluding hydrogens is 310 g/mol. The van der Waals surface area contributed by atoms with Crippen molar-refractivity contribution in [3.63, 3.8) is 0 Å². The molecule has 1 aromatic carbocycles. The minimum absolute atomic E-state index is 0.150. The van der Waals surface area contributed by atoms with Crippen molar-refractivity contribution in [2.75, 3.05) is 18.5 Å². The van der Waals surface area contributed by atoms with Gasteiger partial charge in [0, 0.05) is 25.8 Å². The van der Waals surface area contributed by atoms with Gasteiger partial charge in [0.15, 0.2) is 17.0 Å². The number of ether oxygens (including phenoxy) is 2. The number of benzene rings is 1. The van der Waals surface area contributed by atoms with Crippen molar-refractivity contribution >= 4 is 22.7 Å². The van der Waals surface area contributed by atoms with Crippen LogP contribution in [0.3, 0.4) is 0 Å². The van der Waals surface area contributed by atoms with Crippen LogP contribution < -0.4 is 20.3 Å². The number of anilines is 2. The number of fused-ring (bicyclic) bond motifs is 2. The van der Waals surface area contributed by atoms with E-state index in [2.05, 4.69) is 15.4 Å². The van der Waals surface area contributed by atoms with Gasteiger partial charge in [0.2, 0.25) is 5.95 Å². The lowest BCUT2D eigenvalue weighted by Gasteiger charge is -2.19. The Morgan fingerprint density at radius 2 is 1.92 bits per heavy atom. The van der Waals surface area contributed by atoms with Crippen LogP contribution in [0.4, 0.5) is 11.6 Å². The van der Waals surface area contributed by atoms with E-state index in [1.807, 2.05) is 25.1 Å². The fourth-order valence-corrected chi connectivity index (χ4v) is 2.82. The summed E-state index contributed by atoms with van der Waals surface area (Å²) in [5, 5.41) is 7.45. The van der Waals surface area contributed by atoms with E-state index in [1.54, 1.807) is 18.8 Å². The number of hydrogen-bond acceptors (Lipinski definition) is 6. The molecule has 0 fully saturated rings. The first kappa shape index (κ1) is 14.6. The summed E-state index contributed by atoms with van der Waals surface area (Å²) in [6, 6.07) is 5.53. The highest BCUT2D eigenvalue weighted by atomic mass is 16.6. The third-order valence-electron chi connectivity index (χ3n) is 4.03. The van der Waals surface area contributed by atoms with E-state index in [0.29, 0.717) is 41.7 Å². The Hall–Kier alpha value is -3.03. The molecule has 0 unspecified atom stereocenters. The highest BCUT2D eigenvalue weighted by Gasteiger charge is 2.16. The zero-order valence-electron chi connectivity index (χ0n) is 13.7. The molecule has 124 valence electrons. The van der Waals surface area contributed by atoms with Crippen molar-refractivity contribution in [3.8, 4) is 11.5 Å². The first-order valence-corrected chi connectivity index (χ1v) is 7.61. The Morgan fingerprint density at radius 1 is 1.17 bits per heavy atom. The fourth-order valence-electron chi connectivity index (χ4n) is 2.82. The third-order valence-corrected chi connectivity index (χ3v) is 4.03. The van der Waals surface area contributed by atoms with Crippen LogP contribution in [-0.2, 0) is 14.1 Å². The van der Waals surface area contributed by atoms with Gasteiger partial charge in [-0.1, -0.05) is 0 Å². The maximum Gasteiger partial charge on any atom is 0.280 e. The zero-order valence-corrected chi connectivity index (χ0v) is 13.7. The summed E-state index contributed by atoms with van der Waals surface area (Å²) in [4.78, 5) is 17.1. The van der Waals surface area contributed by atoms with Crippen molar-refractivity contribution in [2.24, 2.45) is 14.1 Å². The molecule has 4 rings (SSSR count). The van der Waals surface area contributed by atoms with Crippen molar-refractivity contribution in [3.05, 3.63) is 34.2 Å². The predicted molar refractivity (Wildman–Crippen MR) is 89.2 cm³/mol. The second kappa shape index (κ2) is 5.26. The van der Waals surface area contributed by atoms with Crippen LogP contribution in [0.25, 0.3) is 11.0 Å². The molecule has 1 N–H and O–H groups in total. The average Bonchev–Trinajstić information content (AvgIpc) is 2.86. The molecule has 0 aliphatic carbocycles. The van der Waals surface area contributed by atoms with Gasteiger partial charge in [-0.3, -0.25) is 14.0 Å². The van der Waals surface area contributed by atoms with Gasteiger partial charge < -0.3 is 14.8 Å². The topological polar surface area (TPSA) is 83.2 Å². The van der Waals surface area contributed by atoms with E-state index >= 15 is 0 Å². The summed E-state index contributed by atoms with van der Waals surface area (Å²) in [5.74, 6) is 1.84. The standard InChI is InChI=1S/C16H17N5O3/c1-9-13-14(21(3)19-9)15(22)20(2)16(18-13)17-10-4-5-11-12(8-10)24-7-6-23-11/h4-5,8H,6-7H2,1-3H3,(H,17,18). The average molecular weight is 327 g/mol. The zero-order chi connectivity index (χ0) is 16.8. The number of aromatic nitrogens is 4. The van der Waals surface area contributed by atoms with Crippen molar-refractivity contribution in [2.45, 2.75) is 6.92 Å². The maximum atomic E-state index is 12.6. The maximum absolute atomic E-state index is 12.6. The summed E-state index contributed by atoms with van der Waals surface area (Å²) >= 11 is 0. The number of nitrogens with zero attached hydrogens (tertiary/aromatic N) is 4. The Balaban J connectivity index is 1.78. The summed E-state index contributed by atoms with van der Waals surface area (Å²) in [6.45, 7) is 2.91. The third kappa shape index (κ3) is 2.18. The van der Waals surface area contributed by atoms with E-state index in [0.717, 1.165) is 11.4 Å². The van der Waals surface area contributed by atoms with Gasteiger partial charge in [-0.2, -0.15) is 5.10 Å². The van der Waals surface area contributed by atoms with Crippen LogP contribution in [0.2, 0.25) is 0 Å². The number of hydrogen-bond donors (Lipinski definition) is 1. The van der Waals surface area contributed by atoms with Gasteiger partial charge in [-0.05, 0) is 19.1 Å². The van der Waals surface area contributed by atoms with Crippen LogP contribution in [0.15, 0.2) is 23.0 Å². The largest absolute Gasteiger partial charge is 0.486 e. The van der Waals surface area contributed by atoms with Gasteiger partial charge in [-0.25, -0.2) is 4.98 Å². The Bertz CT molecular complexity index is 1010. The first-order chi connectivity index (χ1) is 11.5. The normalized spacial score (nSPS) is 13.3. The van der Waals surface area contributed by atoms with Crippen LogP contribution in [0, 0.1) is 6.92 Å². The molecule has 24 heavy (non-hydrogen) atoms. The second-order valence-electron chi connectivity index (χ2n) is 5.69. The van der Waals surface area contributed by atoms with E-state index in [1.165, 1.54) is 4.57 Å². The smallest absolute Gasteiger partial charge is 0.280 e. The number of rotatable bonds is 2. The molecule has 0 saturated carbocycles. The SMILES string of the molecule is Cc1nn(C)c2c(=O)n(C)c(Nc3ccc4c(c3)OCCO4)nc12. The van der Waals surface area contributed by atoms with Crippen molar-refractivity contribution < 1.29 is 9.47 Å². The highest BCUT2D eigenvalue weighted by Crippen LogP contribution is 2.33. The van der Waals surface area contributed by atoms with Crippen LogP contribution in [-0.4, -0.2) is 32.5 Å².